The normalized spacial score (nSPS) is 13.8. The fourth-order valence-electron chi connectivity index (χ4n) is 1.61. The zero-order valence-electron chi connectivity index (χ0n) is 7.65. The first kappa shape index (κ1) is 8.66. The Morgan fingerprint density at radius 1 is 1.50 bits per heavy atom. The molecule has 1 heterocycles. The molecule has 1 aliphatic heterocycles. The third-order valence-electron chi connectivity index (χ3n) is 2.29. The Morgan fingerprint density at radius 2 is 2.29 bits per heavy atom. The van der Waals surface area contributed by atoms with Crippen molar-refractivity contribution in [2.75, 3.05) is 7.05 Å². The van der Waals surface area contributed by atoms with E-state index in [4.69, 9.17) is 0 Å². The number of hydrogen-bond donors (Lipinski definition) is 0. The monoisotopic (exact) mass is 188 g/mol. The predicted octanol–water partition coefficient (Wildman–Crippen LogP) is 1.24. The van der Waals surface area contributed by atoms with E-state index >= 15 is 0 Å². The van der Waals surface area contributed by atoms with Gasteiger partial charge in [0.2, 0.25) is 6.08 Å². The first-order chi connectivity index (χ1) is 6.74. The second-order valence-electron chi connectivity index (χ2n) is 3.17. The van der Waals surface area contributed by atoms with Crippen molar-refractivity contribution in [2.24, 2.45) is 4.99 Å². The van der Waals surface area contributed by atoms with Crippen LogP contribution in [0, 0.1) is 0 Å². The van der Waals surface area contributed by atoms with Crippen molar-refractivity contribution in [3.8, 4) is 0 Å². The average molecular weight is 188 g/mol. The van der Waals surface area contributed by atoms with Gasteiger partial charge in [-0.05, 0) is 12.1 Å². The molecular formula is C10H8N2O2. The number of fused-ring (bicyclic) bond motifs is 1. The zero-order valence-corrected chi connectivity index (χ0v) is 7.65. The molecule has 1 aromatic rings. The first-order valence-corrected chi connectivity index (χ1v) is 4.19. The van der Waals surface area contributed by atoms with E-state index in [1.165, 1.54) is 6.08 Å². The Bertz CT molecular complexity index is 447. The molecule has 0 aliphatic carbocycles. The lowest BCUT2D eigenvalue weighted by atomic mass is 10.1. The van der Waals surface area contributed by atoms with E-state index in [0.29, 0.717) is 17.8 Å². The van der Waals surface area contributed by atoms with E-state index in [-0.39, 0.29) is 5.91 Å². The van der Waals surface area contributed by atoms with Crippen LogP contribution in [0.2, 0.25) is 0 Å². The summed E-state index contributed by atoms with van der Waals surface area (Å²) in [6.07, 6.45) is 1.49. The topological polar surface area (TPSA) is 49.7 Å². The predicted molar refractivity (Wildman–Crippen MR) is 50.0 cm³/mol. The van der Waals surface area contributed by atoms with Crippen molar-refractivity contribution in [1.82, 2.24) is 4.90 Å². The van der Waals surface area contributed by atoms with Crippen LogP contribution in [-0.2, 0) is 11.3 Å². The number of hydrogen-bond acceptors (Lipinski definition) is 3. The molecular weight excluding hydrogens is 180 g/mol. The molecule has 0 N–H and O–H groups in total. The summed E-state index contributed by atoms with van der Waals surface area (Å²) in [5.41, 5.74) is 1.97. The minimum atomic E-state index is -0.0250. The summed E-state index contributed by atoms with van der Waals surface area (Å²) in [7, 11) is 1.72. The molecule has 14 heavy (non-hydrogen) atoms. The standard InChI is InChI=1S/C10H8N2O2/c1-12-5-8-7(10(12)14)3-2-4-9(8)11-6-13/h2-4H,5H2,1H3. The molecule has 4 heteroatoms. The fraction of sp³-hybridized carbons (Fsp3) is 0.200. The molecule has 1 amide bonds. The van der Waals surface area contributed by atoms with Crippen molar-refractivity contribution in [3.05, 3.63) is 29.3 Å². The van der Waals surface area contributed by atoms with Gasteiger partial charge in [-0.2, -0.15) is 4.99 Å². The Labute approximate surface area is 80.9 Å². The van der Waals surface area contributed by atoms with E-state index in [1.54, 1.807) is 30.1 Å². The molecule has 0 saturated carbocycles. The quantitative estimate of drug-likeness (QED) is 0.491. The van der Waals surface area contributed by atoms with Crippen molar-refractivity contribution >= 4 is 17.7 Å². The molecule has 1 aromatic carbocycles. The highest BCUT2D eigenvalue weighted by Gasteiger charge is 2.26. The maximum absolute atomic E-state index is 11.5. The van der Waals surface area contributed by atoms with Crippen LogP contribution in [0.4, 0.5) is 5.69 Å². The highest BCUT2D eigenvalue weighted by atomic mass is 16.2. The maximum Gasteiger partial charge on any atom is 0.254 e. The number of isocyanates is 1. The van der Waals surface area contributed by atoms with Crippen LogP contribution < -0.4 is 0 Å². The van der Waals surface area contributed by atoms with Crippen molar-refractivity contribution in [3.63, 3.8) is 0 Å². The Morgan fingerprint density at radius 3 is 3.00 bits per heavy atom. The third kappa shape index (κ3) is 1.13. The van der Waals surface area contributed by atoms with E-state index in [0.717, 1.165) is 5.56 Å². The van der Waals surface area contributed by atoms with Crippen LogP contribution in [0.5, 0.6) is 0 Å². The molecule has 0 bridgehead atoms. The molecule has 0 fully saturated rings. The van der Waals surface area contributed by atoms with Crippen LogP contribution in [-0.4, -0.2) is 23.9 Å². The molecule has 4 nitrogen and oxygen atoms in total. The third-order valence-corrected chi connectivity index (χ3v) is 2.29. The van der Waals surface area contributed by atoms with Crippen molar-refractivity contribution < 1.29 is 9.59 Å². The van der Waals surface area contributed by atoms with Gasteiger partial charge in [-0.15, -0.1) is 0 Å². The van der Waals surface area contributed by atoms with E-state index in [2.05, 4.69) is 4.99 Å². The van der Waals surface area contributed by atoms with E-state index < -0.39 is 0 Å². The van der Waals surface area contributed by atoms with Gasteiger partial charge in [-0.25, -0.2) is 4.79 Å². The fourth-order valence-corrected chi connectivity index (χ4v) is 1.61. The minimum Gasteiger partial charge on any atom is -0.337 e. The first-order valence-electron chi connectivity index (χ1n) is 4.19. The molecule has 2 rings (SSSR count). The van der Waals surface area contributed by atoms with Crippen LogP contribution in [0.15, 0.2) is 23.2 Å². The molecule has 70 valence electrons. The van der Waals surface area contributed by atoms with Gasteiger partial charge in [0.1, 0.15) is 0 Å². The van der Waals surface area contributed by atoms with Crippen LogP contribution in [0.1, 0.15) is 15.9 Å². The molecule has 0 atom stereocenters. The molecule has 0 unspecified atom stereocenters. The highest BCUT2D eigenvalue weighted by molar-refractivity contribution is 5.99. The number of amides is 1. The molecule has 0 aromatic heterocycles. The Kier molecular flexibility index (Phi) is 1.91. The second-order valence-corrected chi connectivity index (χ2v) is 3.17. The van der Waals surface area contributed by atoms with Gasteiger partial charge in [0.15, 0.2) is 0 Å². The highest BCUT2D eigenvalue weighted by Crippen LogP contribution is 2.29. The number of carbonyl (C=O) groups excluding carboxylic acids is 2. The summed E-state index contributed by atoms with van der Waals surface area (Å²) in [6.45, 7) is 0.509. The van der Waals surface area contributed by atoms with Crippen LogP contribution >= 0.6 is 0 Å². The SMILES string of the molecule is CN1Cc2c(N=C=O)cccc2C1=O. The molecule has 0 radical (unpaired) electrons. The van der Waals surface area contributed by atoms with Crippen molar-refractivity contribution in [1.29, 1.82) is 0 Å². The van der Waals surface area contributed by atoms with Crippen LogP contribution in [0.3, 0.4) is 0 Å². The van der Waals surface area contributed by atoms with Gasteiger partial charge < -0.3 is 4.90 Å². The van der Waals surface area contributed by atoms with Crippen LogP contribution in [0.25, 0.3) is 0 Å². The second kappa shape index (κ2) is 3.09. The van der Waals surface area contributed by atoms with Gasteiger partial charge in [-0.3, -0.25) is 4.79 Å². The Balaban J connectivity index is 2.61. The summed E-state index contributed by atoms with van der Waals surface area (Å²) in [5, 5.41) is 0. The average Bonchev–Trinajstić information content (AvgIpc) is 2.46. The van der Waals surface area contributed by atoms with E-state index in [1.807, 2.05) is 0 Å². The molecule has 1 aliphatic rings. The van der Waals surface area contributed by atoms with Gasteiger partial charge >= 0.3 is 0 Å². The summed E-state index contributed by atoms with van der Waals surface area (Å²) >= 11 is 0. The van der Waals surface area contributed by atoms with Gasteiger partial charge in [-0.1, -0.05) is 6.07 Å². The summed E-state index contributed by atoms with van der Waals surface area (Å²) in [5.74, 6) is -0.0250. The van der Waals surface area contributed by atoms with Gasteiger partial charge in [0.05, 0.1) is 5.69 Å². The summed E-state index contributed by atoms with van der Waals surface area (Å²) in [4.78, 5) is 26.8. The number of nitrogens with zero attached hydrogens (tertiary/aromatic N) is 2. The molecule has 0 spiro atoms. The van der Waals surface area contributed by atoms with Crippen molar-refractivity contribution in [2.45, 2.75) is 6.54 Å². The number of benzene rings is 1. The van der Waals surface area contributed by atoms with Gasteiger partial charge in [0.25, 0.3) is 5.91 Å². The Hall–Kier alpha value is -1.93. The summed E-state index contributed by atoms with van der Waals surface area (Å²) < 4.78 is 0. The number of carbonyl (C=O) groups is 1. The lowest BCUT2D eigenvalue weighted by molar-refractivity contribution is 0.0816. The molecule has 0 saturated heterocycles. The minimum absolute atomic E-state index is 0.0250. The maximum atomic E-state index is 11.5. The number of aliphatic imine (C=N–C) groups is 1. The largest absolute Gasteiger partial charge is 0.337 e. The summed E-state index contributed by atoms with van der Waals surface area (Å²) in [6, 6.07) is 5.16. The number of rotatable bonds is 1. The lowest BCUT2D eigenvalue weighted by Gasteiger charge is -2.04. The smallest absolute Gasteiger partial charge is 0.254 e. The van der Waals surface area contributed by atoms with Gasteiger partial charge in [0, 0.05) is 24.7 Å². The van der Waals surface area contributed by atoms with E-state index in [9.17, 15) is 9.59 Å². The lowest BCUT2D eigenvalue weighted by Crippen LogP contribution is -2.17. The zero-order chi connectivity index (χ0) is 10.1.